The van der Waals surface area contributed by atoms with E-state index in [-0.39, 0.29) is 22.5 Å². The number of likely N-dealkylation sites (tertiary alicyclic amines) is 1. The number of aromatic nitrogens is 2. The summed E-state index contributed by atoms with van der Waals surface area (Å²) < 4.78 is 34.0. The van der Waals surface area contributed by atoms with E-state index in [4.69, 9.17) is 4.52 Å². The summed E-state index contributed by atoms with van der Waals surface area (Å²) in [5, 5.41) is 3.89. The first kappa shape index (κ1) is 21.0. The van der Waals surface area contributed by atoms with Crippen molar-refractivity contribution in [1.29, 1.82) is 0 Å². The second-order valence-corrected chi connectivity index (χ2v) is 9.48. The summed E-state index contributed by atoms with van der Waals surface area (Å²) in [7, 11) is -3.84. The molecule has 1 saturated heterocycles. The molecule has 1 aliphatic rings. The average molecular weight is 441 g/mol. The zero-order chi connectivity index (χ0) is 22.2. The summed E-state index contributed by atoms with van der Waals surface area (Å²) in [6.07, 6.45) is 1.92. The van der Waals surface area contributed by atoms with Gasteiger partial charge in [0.2, 0.25) is 5.82 Å². The largest absolute Gasteiger partial charge is 0.334 e. The van der Waals surface area contributed by atoms with Gasteiger partial charge >= 0.3 is 11.8 Å². The van der Waals surface area contributed by atoms with E-state index in [9.17, 15) is 13.2 Å². The highest BCUT2D eigenvalue weighted by atomic mass is 32.2. The number of rotatable bonds is 5. The van der Waals surface area contributed by atoms with E-state index in [0.717, 1.165) is 24.0 Å². The average Bonchev–Trinajstić information content (AvgIpc) is 3.42. The van der Waals surface area contributed by atoms with Crippen molar-refractivity contribution in [2.75, 3.05) is 17.8 Å². The van der Waals surface area contributed by atoms with Crippen LogP contribution in [0.25, 0.3) is 11.4 Å². The molecule has 4 rings (SSSR count). The molecule has 1 amide bonds. The Morgan fingerprint density at radius 1 is 1.03 bits per heavy atom. The van der Waals surface area contributed by atoms with Crippen LogP contribution < -0.4 is 4.72 Å². The molecule has 0 unspecified atom stereocenters. The van der Waals surface area contributed by atoms with Crippen molar-refractivity contribution in [2.45, 2.75) is 38.5 Å². The minimum atomic E-state index is -3.84. The molecule has 1 aromatic heterocycles. The molecule has 1 aliphatic heterocycles. The SMILES string of the molecule is Cc1ccc(NS(=O)(=O)c2cc(-c3noc(C(=O)N4CCCC4)n3)ccc2C)c(C)c1. The van der Waals surface area contributed by atoms with Gasteiger partial charge in [-0.05, 0) is 56.9 Å². The normalized spacial score (nSPS) is 14.1. The van der Waals surface area contributed by atoms with Crippen LogP contribution in [-0.2, 0) is 10.0 Å². The Hall–Kier alpha value is -3.20. The first-order chi connectivity index (χ1) is 14.7. The molecule has 0 saturated carbocycles. The van der Waals surface area contributed by atoms with E-state index in [1.165, 1.54) is 6.07 Å². The van der Waals surface area contributed by atoms with Gasteiger partial charge in [-0.2, -0.15) is 4.98 Å². The molecular formula is C22H24N4O4S. The number of carbonyl (C=O) groups excluding carboxylic acids is 1. The monoisotopic (exact) mass is 440 g/mol. The molecule has 0 radical (unpaired) electrons. The van der Waals surface area contributed by atoms with Crippen LogP contribution in [0.1, 0.15) is 40.2 Å². The molecule has 162 valence electrons. The molecule has 0 aliphatic carbocycles. The van der Waals surface area contributed by atoms with E-state index in [1.807, 2.05) is 26.0 Å². The second-order valence-electron chi connectivity index (χ2n) is 7.83. The summed E-state index contributed by atoms with van der Waals surface area (Å²) in [4.78, 5) is 18.4. The van der Waals surface area contributed by atoms with Gasteiger partial charge in [-0.1, -0.05) is 35.0 Å². The van der Waals surface area contributed by atoms with E-state index < -0.39 is 10.0 Å². The maximum atomic E-state index is 13.1. The number of carbonyl (C=O) groups is 1. The molecule has 1 fully saturated rings. The number of sulfonamides is 1. The lowest BCUT2D eigenvalue weighted by Crippen LogP contribution is -2.27. The lowest BCUT2D eigenvalue weighted by Gasteiger charge is -2.13. The van der Waals surface area contributed by atoms with E-state index in [1.54, 1.807) is 30.0 Å². The molecule has 2 aromatic carbocycles. The lowest BCUT2D eigenvalue weighted by molar-refractivity contribution is 0.0743. The Morgan fingerprint density at radius 2 is 1.77 bits per heavy atom. The summed E-state index contributed by atoms with van der Waals surface area (Å²) in [5.74, 6) is -0.214. The summed E-state index contributed by atoms with van der Waals surface area (Å²) >= 11 is 0. The van der Waals surface area contributed by atoms with Crippen molar-refractivity contribution >= 4 is 21.6 Å². The summed E-state index contributed by atoms with van der Waals surface area (Å²) in [6.45, 7) is 6.87. The second kappa shape index (κ2) is 8.14. The number of amides is 1. The van der Waals surface area contributed by atoms with Crippen molar-refractivity contribution in [3.05, 3.63) is 59.0 Å². The molecule has 0 spiro atoms. The zero-order valence-electron chi connectivity index (χ0n) is 17.7. The van der Waals surface area contributed by atoms with Crippen LogP contribution in [-0.4, -0.2) is 42.5 Å². The van der Waals surface area contributed by atoms with Crippen LogP contribution in [0, 0.1) is 20.8 Å². The van der Waals surface area contributed by atoms with Gasteiger partial charge in [0.25, 0.3) is 10.0 Å². The number of hydrogen-bond donors (Lipinski definition) is 1. The van der Waals surface area contributed by atoms with Crippen LogP contribution in [0.3, 0.4) is 0 Å². The van der Waals surface area contributed by atoms with Crippen molar-refractivity contribution in [3.8, 4) is 11.4 Å². The highest BCUT2D eigenvalue weighted by Gasteiger charge is 2.26. The standard InChI is InChI=1S/C22H24N4O4S/c1-14-6-9-18(16(3)12-14)25-31(28,29)19-13-17(8-7-15(19)2)20-23-21(30-24-20)22(27)26-10-4-5-11-26/h6-9,12-13,25H,4-5,10-11H2,1-3H3. The Morgan fingerprint density at radius 3 is 2.48 bits per heavy atom. The topological polar surface area (TPSA) is 105 Å². The fourth-order valence-electron chi connectivity index (χ4n) is 3.64. The smallest absolute Gasteiger partial charge is 0.316 e. The van der Waals surface area contributed by atoms with Crippen LogP contribution in [0.5, 0.6) is 0 Å². The van der Waals surface area contributed by atoms with E-state index >= 15 is 0 Å². The highest BCUT2D eigenvalue weighted by Crippen LogP contribution is 2.27. The minimum absolute atomic E-state index is 0.0877. The van der Waals surface area contributed by atoms with Crippen LogP contribution in [0.15, 0.2) is 45.8 Å². The minimum Gasteiger partial charge on any atom is -0.334 e. The third kappa shape index (κ3) is 4.32. The van der Waals surface area contributed by atoms with Gasteiger partial charge in [0.15, 0.2) is 0 Å². The predicted octanol–water partition coefficient (Wildman–Crippen LogP) is 3.70. The van der Waals surface area contributed by atoms with Crippen LogP contribution >= 0.6 is 0 Å². The molecule has 9 heteroatoms. The van der Waals surface area contributed by atoms with Crippen molar-refractivity contribution in [2.24, 2.45) is 0 Å². The molecule has 0 bridgehead atoms. The Kier molecular flexibility index (Phi) is 5.53. The van der Waals surface area contributed by atoms with Gasteiger partial charge < -0.3 is 9.42 Å². The molecule has 0 atom stereocenters. The molecular weight excluding hydrogens is 416 g/mol. The first-order valence-electron chi connectivity index (χ1n) is 10.1. The Labute approximate surface area is 181 Å². The lowest BCUT2D eigenvalue weighted by atomic mass is 10.1. The fraction of sp³-hybridized carbons (Fsp3) is 0.318. The van der Waals surface area contributed by atoms with Gasteiger partial charge in [-0.3, -0.25) is 9.52 Å². The Bertz CT molecular complexity index is 1240. The maximum absolute atomic E-state index is 13.1. The maximum Gasteiger partial charge on any atom is 0.316 e. The number of aryl methyl sites for hydroxylation is 3. The highest BCUT2D eigenvalue weighted by molar-refractivity contribution is 7.92. The molecule has 8 nitrogen and oxygen atoms in total. The van der Waals surface area contributed by atoms with Gasteiger partial charge in [-0.15, -0.1) is 0 Å². The van der Waals surface area contributed by atoms with Gasteiger partial charge in [-0.25, -0.2) is 8.42 Å². The van der Waals surface area contributed by atoms with Gasteiger partial charge in [0, 0.05) is 18.7 Å². The fourth-order valence-corrected chi connectivity index (χ4v) is 5.04. The van der Waals surface area contributed by atoms with Crippen molar-refractivity contribution < 1.29 is 17.7 Å². The van der Waals surface area contributed by atoms with E-state index in [2.05, 4.69) is 14.9 Å². The number of nitrogens with zero attached hydrogens (tertiary/aromatic N) is 3. The Balaban J connectivity index is 1.63. The number of hydrogen-bond acceptors (Lipinski definition) is 6. The summed E-state index contributed by atoms with van der Waals surface area (Å²) in [5.41, 5.74) is 3.44. The van der Waals surface area contributed by atoms with Crippen LogP contribution in [0.2, 0.25) is 0 Å². The summed E-state index contributed by atoms with van der Waals surface area (Å²) in [6, 6.07) is 10.4. The number of nitrogens with one attached hydrogen (secondary N) is 1. The van der Waals surface area contributed by atoms with Gasteiger partial charge in [0.1, 0.15) is 0 Å². The molecule has 31 heavy (non-hydrogen) atoms. The van der Waals surface area contributed by atoms with Gasteiger partial charge in [0.05, 0.1) is 10.6 Å². The third-order valence-corrected chi connectivity index (χ3v) is 6.87. The van der Waals surface area contributed by atoms with Crippen LogP contribution in [0.4, 0.5) is 5.69 Å². The quantitative estimate of drug-likeness (QED) is 0.649. The van der Waals surface area contributed by atoms with Crippen molar-refractivity contribution in [3.63, 3.8) is 0 Å². The molecule has 2 heterocycles. The third-order valence-electron chi connectivity index (χ3n) is 5.36. The molecule has 1 N–H and O–H groups in total. The zero-order valence-corrected chi connectivity index (χ0v) is 18.5. The first-order valence-corrected chi connectivity index (χ1v) is 11.6. The van der Waals surface area contributed by atoms with E-state index in [0.29, 0.717) is 29.9 Å². The molecule has 3 aromatic rings. The number of anilines is 1. The van der Waals surface area contributed by atoms with Crippen molar-refractivity contribution in [1.82, 2.24) is 15.0 Å². The number of benzene rings is 2. The predicted molar refractivity (Wildman–Crippen MR) is 116 cm³/mol.